The zero-order valence-corrected chi connectivity index (χ0v) is 13.7. The van der Waals surface area contributed by atoms with Gasteiger partial charge in [0.1, 0.15) is 0 Å². The number of carbonyl (C=O) groups excluding carboxylic acids is 1. The van der Waals surface area contributed by atoms with Gasteiger partial charge in [-0.2, -0.15) is 0 Å². The van der Waals surface area contributed by atoms with Crippen LogP contribution in [-0.2, 0) is 14.3 Å². The maximum Gasteiger partial charge on any atom is 0.239 e. The summed E-state index contributed by atoms with van der Waals surface area (Å²) in [4.78, 5) is 14.0. The first-order valence-corrected chi connectivity index (χ1v) is 7.33. The van der Waals surface area contributed by atoms with E-state index in [4.69, 9.17) is 15.2 Å². The van der Waals surface area contributed by atoms with E-state index in [1.54, 1.807) is 0 Å². The van der Waals surface area contributed by atoms with Crippen molar-refractivity contribution in [2.75, 3.05) is 32.9 Å². The Hall–Kier alpha value is -0.360. The van der Waals surface area contributed by atoms with Crippen LogP contribution in [-0.4, -0.2) is 55.9 Å². The predicted octanol–water partition coefficient (Wildman–Crippen LogP) is 1.44. The number of rotatable bonds is 8. The molecule has 20 heavy (non-hydrogen) atoms. The number of halogens is 1. The van der Waals surface area contributed by atoms with E-state index in [0.717, 1.165) is 19.4 Å². The van der Waals surface area contributed by atoms with E-state index in [1.807, 2.05) is 18.7 Å². The van der Waals surface area contributed by atoms with Crippen LogP contribution in [0.5, 0.6) is 0 Å². The predicted molar refractivity (Wildman–Crippen MR) is 82.1 cm³/mol. The Morgan fingerprint density at radius 2 is 2.10 bits per heavy atom. The van der Waals surface area contributed by atoms with E-state index in [0.29, 0.717) is 26.4 Å². The quantitative estimate of drug-likeness (QED) is 0.689. The van der Waals surface area contributed by atoms with Crippen LogP contribution in [0.3, 0.4) is 0 Å². The lowest BCUT2D eigenvalue weighted by atomic mass is 9.99. The van der Waals surface area contributed by atoms with Gasteiger partial charge in [0.2, 0.25) is 5.91 Å². The van der Waals surface area contributed by atoms with Gasteiger partial charge in [-0.15, -0.1) is 12.4 Å². The van der Waals surface area contributed by atoms with Gasteiger partial charge in [0, 0.05) is 19.7 Å². The van der Waals surface area contributed by atoms with Gasteiger partial charge in [-0.1, -0.05) is 20.3 Å². The number of ether oxygens (including phenoxy) is 2. The molecule has 1 fully saturated rings. The van der Waals surface area contributed by atoms with Crippen molar-refractivity contribution in [3.8, 4) is 0 Å². The van der Waals surface area contributed by atoms with E-state index in [2.05, 4.69) is 6.92 Å². The molecule has 1 heterocycles. The highest BCUT2D eigenvalue weighted by Gasteiger charge is 2.31. The minimum atomic E-state index is -0.382. The molecule has 2 unspecified atom stereocenters. The molecule has 3 atom stereocenters. The first-order valence-electron chi connectivity index (χ1n) is 7.33. The molecular formula is C14H29ClN2O3. The SMILES string of the molecule is CCOCCO[C@H]1CCN(C(=O)C(N)C(C)CC)C1.Cl. The zero-order valence-electron chi connectivity index (χ0n) is 12.8. The van der Waals surface area contributed by atoms with Crippen LogP contribution in [0.15, 0.2) is 0 Å². The number of carbonyl (C=O) groups is 1. The fourth-order valence-electron chi connectivity index (χ4n) is 2.19. The lowest BCUT2D eigenvalue weighted by molar-refractivity contribution is -0.133. The number of nitrogens with two attached hydrogens (primary N) is 1. The molecule has 1 aliphatic rings. The van der Waals surface area contributed by atoms with E-state index < -0.39 is 0 Å². The topological polar surface area (TPSA) is 64.8 Å². The van der Waals surface area contributed by atoms with Crippen LogP contribution in [0.1, 0.15) is 33.6 Å². The second kappa shape index (κ2) is 10.4. The number of hydrogen-bond acceptors (Lipinski definition) is 4. The summed E-state index contributed by atoms with van der Waals surface area (Å²) in [6, 6.07) is -0.382. The number of nitrogens with zero attached hydrogens (tertiary/aromatic N) is 1. The standard InChI is InChI=1S/C14H28N2O3.ClH/c1-4-11(3)13(15)14(17)16-7-6-12(10-16)19-9-8-18-5-2;/h11-13H,4-10,15H2,1-3H3;1H/t11?,12-,13?;/m0./s1. The first-order chi connectivity index (χ1) is 9.10. The van der Waals surface area contributed by atoms with E-state index in [1.165, 1.54) is 0 Å². The fraction of sp³-hybridized carbons (Fsp3) is 0.929. The summed E-state index contributed by atoms with van der Waals surface area (Å²) in [5, 5.41) is 0. The van der Waals surface area contributed by atoms with Crippen LogP contribution >= 0.6 is 12.4 Å². The van der Waals surface area contributed by atoms with Crippen LogP contribution in [0.2, 0.25) is 0 Å². The summed E-state index contributed by atoms with van der Waals surface area (Å²) in [7, 11) is 0. The Labute approximate surface area is 128 Å². The van der Waals surface area contributed by atoms with E-state index in [-0.39, 0.29) is 36.4 Å². The highest BCUT2D eigenvalue weighted by atomic mass is 35.5. The highest BCUT2D eigenvalue weighted by Crippen LogP contribution is 2.16. The second-order valence-corrected chi connectivity index (χ2v) is 5.17. The van der Waals surface area contributed by atoms with Crippen LogP contribution < -0.4 is 5.73 Å². The van der Waals surface area contributed by atoms with E-state index in [9.17, 15) is 4.79 Å². The first kappa shape index (κ1) is 19.6. The Bertz CT molecular complexity index is 279. The molecule has 120 valence electrons. The third kappa shape index (κ3) is 5.95. The zero-order chi connectivity index (χ0) is 14.3. The van der Waals surface area contributed by atoms with Crippen molar-refractivity contribution in [2.24, 2.45) is 11.7 Å². The lowest BCUT2D eigenvalue weighted by Crippen LogP contribution is -2.46. The average molecular weight is 309 g/mol. The van der Waals surface area contributed by atoms with Gasteiger partial charge in [-0.05, 0) is 19.3 Å². The largest absolute Gasteiger partial charge is 0.379 e. The Morgan fingerprint density at radius 3 is 2.70 bits per heavy atom. The van der Waals surface area contributed by atoms with Crippen molar-refractivity contribution in [3.05, 3.63) is 0 Å². The van der Waals surface area contributed by atoms with Crippen LogP contribution in [0.4, 0.5) is 0 Å². The summed E-state index contributed by atoms with van der Waals surface area (Å²) >= 11 is 0. The van der Waals surface area contributed by atoms with Gasteiger partial charge in [-0.25, -0.2) is 0 Å². The van der Waals surface area contributed by atoms with Gasteiger partial charge in [-0.3, -0.25) is 4.79 Å². The molecule has 1 amide bonds. The van der Waals surface area contributed by atoms with Crippen molar-refractivity contribution in [1.29, 1.82) is 0 Å². The third-order valence-electron chi connectivity index (χ3n) is 3.78. The van der Waals surface area contributed by atoms with Gasteiger partial charge < -0.3 is 20.1 Å². The molecule has 0 aromatic rings. The molecule has 0 spiro atoms. The molecule has 0 bridgehead atoms. The second-order valence-electron chi connectivity index (χ2n) is 5.17. The normalized spacial score (nSPS) is 21.4. The molecule has 1 aliphatic heterocycles. The molecule has 0 aliphatic carbocycles. The maximum atomic E-state index is 12.2. The van der Waals surface area contributed by atoms with Crippen molar-refractivity contribution >= 4 is 18.3 Å². The van der Waals surface area contributed by atoms with Gasteiger partial charge in [0.15, 0.2) is 0 Å². The van der Waals surface area contributed by atoms with Gasteiger partial charge in [0.25, 0.3) is 0 Å². The van der Waals surface area contributed by atoms with Crippen LogP contribution in [0.25, 0.3) is 0 Å². The average Bonchev–Trinajstić information content (AvgIpc) is 2.89. The molecule has 1 saturated heterocycles. The molecule has 0 aromatic heterocycles. The van der Waals surface area contributed by atoms with Crippen LogP contribution in [0, 0.1) is 5.92 Å². The molecule has 0 radical (unpaired) electrons. The smallest absolute Gasteiger partial charge is 0.239 e. The maximum absolute atomic E-state index is 12.2. The van der Waals surface area contributed by atoms with Gasteiger partial charge >= 0.3 is 0 Å². The Balaban J connectivity index is 0.00000361. The van der Waals surface area contributed by atoms with Crippen molar-refractivity contribution in [3.63, 3.8) is 0 Å². The van der Waals surface area contributed by atoms with Gasteiger partial charge in [0.05, 0.1) is 25.4 Å². The third-order valence-corrected chi connectivity index (χ3v) is 3.78. The summed E-state index contributed by atoms with van der Waals surface area (Å²) in [6.07, 6.45) is 1.95. The molecule has 6 heteroatoms. The summed E-state index contributed by atoms with van der Waals surface area (Å²) in [6.45, 7) is 9.38. The molecular weight excluding hydrogens is 280 g/mol. The number of amides is 1. The highest BCUT2D eigenvalue weighted by molar-refractivity contribution is 5.85. The number of likely N-dealkylation sites (tertiary alicyclic amines) is 1. The summed E-state index contributed by atoms with van der Waals surface area (Å²) in [5.74, 6) is 0.288. The van der Waals surface area contributed by atoms with Crippen molar-refractivity contribution in [2.45, 2.75) is 45.8 Å². The minimum absolute atomic E-state index is 0. The Kier molecular flexibility index (Phi) is 10.2. The minimum Gasteiger partial charge on any atom is -0.379 e. The van der Waals surface area contributed by atoms with Crippen molar-refractivity contribution < 1.29 is 14.3 Å². The Morgan fingerprint density at radius 1 is 1.40 bits per heavy atom. The summed E-state index contributed by atoms with van der Waals surface area (Å²) in [5.41, 5.74) is 5.98. The molecule has 0 aromatic carbocycles. The molecule has 0 saturated carbocycles. The molecule has 2 N–H and O–H groups in total. The van der Waals surface area contributed by atoms with Crippen molar-refractivity contribution in [1.82, 2.24) is 4.90 Å². The monoisotopic (exact) mass is 308 g/mol. The molecule has 1 rings (SSSR count). The molecule has 5 nitrogen and oxygen atoms in total. The lowest BCUT2D eigenvalue weighted by Gasteiger charge is -2.24. The number of hydrogen-bond donors (Lipinski definition) is 1. The summed E-state index contributed by atoms with van der Waals surface area (Å²) < 4.78 is 10.9. The fourth-order valence-corrected chi connectivity index (χ4v) is 2.19. The van der Waals surface area contributed by atoms with E-state index >= 15 is 0 Å².